The first-order valence-electron chi connectivity index (χ1n) is 7.70. The summed E-state index contributed by atoms with van der Waals surface area (Å²) in [5, 5.41) is 3.73. The smallest absolute Gasteiger partial charge is 0.239 e. The summed E-state index contributed by atoms with van der Waals surface area (Å²) in [5.74, 6) is 0.732. The molecule has 0 spiro atoms. The molecule has 3 rings (SSSR count). The van der Waals surface area contributed by atoms with Crippen LogP contribution in [0.4, 0.5) is 5.13 Å². The van der Waals surface area contributed by atoms with E-state index in [1.807, 2.05) is 30.1 Å². The number of methoxy groups -OCH3 is 1. The van der Waals surface area contributed by atoms with Gasteiger partial charge in [-0.3, -0.25) is 4.79 Å². The number of para-hydroxylation sites is 1. The van der Waals surface area contributed by atoms with Crippen LogP contribution in [0.25, 0.3) is 10.2 Å². The van der Waals surface area contributed by atoms with Crippen molar-refractivity contribution in [2.75, 3.05) is 38.8 Å². The lowest BCUT2D eigenvalue weighted by Crippen LogP contribution is -2.38. The normalized spacial score (nSPS) is 17.4. The first-order valence-corrected chi connectivity index (χ1v) is 8.52. The van der Waals surface area contributed by atoms with Crippen molar-refractivity contribution in [3.63, 3.8) is 0 Å². The van der Waals surface area contributed by atoms with Gasteiger partial charge in [0.25, 0.3) is 0 Å². The van der Waals surface area contributed by atoms with Crippen molar-refractivity contribution in [1.29, 1.82) is 0 Å². The highest BCUT2D eigenvalue weighted by Gasteiger charge is 2.18. The molecule has 1 fully saturated rings. The van der Waals surface area contributed by atoms with Gasteiger partial charge < -0.3 is 19.7 Å². The molecule has 0 aliphatic carbocycles. The van der Waals surface area contributed by atoms with E-state index in [0.717, 1.165) is 40.5 Å². The van der Waals surface area contributed by atoms with E-state index in [1.54, 1.807) is 18.4 Å². The number of benzene rings is 1. The van der Waals surface area contributed by atoms with Crippen LogP contribution in [0, 0.1) is 0 Å². The number of ether oxygens (including phenoxy) is 2. The number of hydrogen-bond donors (Lipinski definition) is 1. The zero-order chi connectivity index (χ0) is 16.2. The molecule has 1 atom stereocenters. The summed E-state index contributed by atoms with van der Waals surface area (Å²) in [4.78, 5) is 18.5. The summed E-state index contributed by atoms with van der Waals surface area (Å²) in [6.45, 7) is 1.66. The Bertz CT molecular complexity index is 682. The highest BCUT2D eigenvalue weighted by molar-refractivity contribution is 7.22. The number of thiazole rings is 1. The molecule has 6 nitrogen and oxygen atoms in total. The average molecular weight is 335 g/mol. The number of likely N-dealkylation sites (N-methyl/N-ethyl adjacent to an activating group) is 1. The molecule has 124 valence electrons. The zero-order valence-electron chi connectivity index (χ0n) is 13.4. The fraction of sp³-hybridized carbons (Fsp3) is 0.500. The average Bonchev–Trinajstić information content (AvgIpc) is 3.21. The van der Waals surface area contributed by atoms with Gasteiger partial charge >= 0.3 is 0 Å². The van der Waals surface area contributed by atoms with Crippen molar-refractivity contribution < 1.29 is 14.3 Å². The molecule has 7 heteroatoms. The SMILES string of the molecule is COc1cccc2sc(N(C)CC(=O)NCC3CCCO3)nc12. The molecule has 1 N–H and O–H groups in total. The van der Waals surface area contributed by atoms with Crippen molar-refractivity contribution in [3.8, 4) is 5.75 Å². The summed E-state index contributed by atoms with van der Waals surface area (Å²) in [5.41, 5.74) is 0.835. The number of hydrogen-bond acceptors (Lipinski definition) is 6. The molecule has 0 radical (unpaired) electrons. The third kappa shape index (κ3) is 3.73. The molecule has 2 aromatic rings. The van der Waals surface area contributed by atoms with Gasteiger partial charge in [-0.25, -0.2) is 4.98 Å². The van der Waals surface area contributed by atoms with Gasteiger partial charge in [0.05, 0.1) is 24.5 Å². The minimum atomic E-state index is -0.0192. The van der Waals surface area contributed by atoms with E-state index in [1.165, 1.54) is 0 Å². The Morgan fingerprint density at radius 1 is 1.57 bits per heavy atom. The van der Waals surface area contributed by atoms with E-state index in [2.05, 4.69) is 10.3 Å². The molecule has 0 saturated carbocycles. The molecule has 1 saturated heterocycles. The Morgan fingerprint density at radius 3 is 3.17 bits per heavy atom. The topological polar surface area (TPSA) is 63.7 Å². The third-order valence-electron chi connectivity index (χ3n) is 3.85. The van der Waals surface area contributed by atoms with Gasteiger partial charge in [0.2, 0.25) is 5.91 Å². The van der Waals surface area contributed by atoms with E-state index in [0.29, 0.717) is 6.54 Å². The second-order valence-corrected chi connectivity index (χ2v) is 6.61. The summed E-state index contributed by atoms with van der Waals surface area (Å²) in [7, 11) is 3.51. The van der Waals surface area contributed by atoms with E-state index >= 15 is 0 Å². The van der Waals surface area contributed by atoms with E-state index < -0.39 is 0 Å². The lowest BCUT2D eigenvalue weighted by Gasteiger charge is -2.16. The van der Waals surface area contributed by atoms with Crippen LogP contribution in [-0.4, -0.2) is 50.8 Å². The van der Waals surface area contributed by atoms with E-state index in [4.69, 9.17) is 9.47 Å². The van der Waals surface area contributed by atoms with Gasteiger partial charge in [-0.2, -0.15) is 0 Å². The summed E-state index contributed by atoms with van der Waals surface area (Å²) in [6.07, 6.45) is 2.26. The number of anilines is 1. The maximum absolute atomic E-state index is 12.1. The van der Waals surface area contributed by atoms with Crippen molar-refractivity contribution >= 4 is 32.6 Å². The monoisotopic (exact) mass is 335 g/mol. The fourth-order valence-electron chi connectivity index (χ4n) is 2.61. The van der Waals surface area contributed by atoms with Crippen LogP contribution in [-0.2, 0) is 9.53 Å². The molecule has 1 aliphatic heterocycles. The van der Waals surface area contributed by atoms with Crippen LogP contribution in [0.1, 0.15) is 12.8 Å². The number of carbonyl (C=O) groups excluding carboxylic acids is 1. The van der Waals surface area contributed by atoms with E-state index in [9.17, 15) is 4.79 Å². The van der Waals surface area contributed by atoms with Gasteiger partial charge in [-0.05, 0) is 25.0 Å². The van der Waals surface area contributed by atoms with Crippen LogP contribution in [0.5, 0.6) is 5.75 Å². The summed E-state index contributed by atoms with van der Waals surface area (Å²) < 4.78 is 11.9. The maximum Gasteiger partial charge on any atom is 0.239 e. The van der Waals surface area contributed by atoms with Crippen molar-refractivity contribution in [2.24, 2.45) is 0 Å². The van der Waals surface area contributed by atoms with Crippen molar-refractivity contribution in [3.05, 3.63) is 18.2 Å². The minimum Gasteiger partial charge on any atom is -0.494 e. The highest BCUT2D eigenvalue weighted by Crippen LogP contribution is 2.33. The summed E-state index contributed by atoms with van der Waals surface area (Å²) in [6, 6.07) is 5.84. The molecule has 0 bridgehead atoms. The molecule has 1 aliphatic rings. The number of nitrogens with zero attached hydrogens (tertiary/aromatic N) is 2. The summed E-state index contributed by atoms with van der Waals surface area (Å²) >= 11 is 1.55. The lowest BCUT2D eigenvalue weighted by molar-refractivity contribution is -0.120. The van der Waals surface area contributed by atoms with Crippen molar-refractivity contribution in [2.45, 2.75) is 18.9 Å². The van der Waals surface area contributed by atoms with Gasteiger partial charge in [0.1, 0.15) is 11.3 Å². The van der Waals surface area contributed by atoms with Crippen LogP contribution in [0.15, 0.2) is 18.2 Å². The number of carbonyl (C=O) groups is 1. The molecule has 1 aromatic heterocycles. The molecular formula is C16H21N3O3S. The number of rotatable bonds is 6. The van der Waals surface area contributed by atoms with Crippen LogP contribution in [0.2, 0.25) is 0 Å². The molecule has 1 unspecified atom stereocenters. The van der Waals surface area contributed by atoms with Crippen molar-refractivity contribution in [1.82, 2.24) is 10.3 Å². The number of nitrogens with one attached hydrogen (secondary N) is 1. The maximum atomic E-state index is 12.1. The van der Waals surface area contributed by atoms with E-state index in [-0.39, 0.29) is 18.6 Å². The first-order chi connectivity index (χ1) is 11.2. The Labute approximate surface area is 139 Å². The van der Waals surface area contributed by atoms with Gasteiger partial charge in [0.15, 0.2) is 5.13 Å². The zero-order valence-corrected chi connectivity index (χ0v) is 14.2. The fourth-order valence-corrected chi connectivity index (χ4v) is 3.56. The number of amides is 1. The van der Waals surface area contributed by atoms with Crippen LogP contribution in [0.3, 0.4) is 0 Å². The minimum absolute atomic E-state index is 0.0192. The Balaban J connectivity index is 1.61. The Kier molecular flexibility index (Phi) is 4.97. The van der Waals surface area contributed by atoms with Gasteiger partial charge in [-0.15, -0.1) is 0 Å². The Morgan fingerprint density at radius 2 is 2.43 bits per heavy atom. The van der Waals surface area contributed by atoms with Gasteiger partial charge in [-0.1, -0.05) is 17.4 Å². The quantitative estimate of drug-likeness (QED) is 0.875. The van der Waals surface area contributed by atoms with Crippen LogP contribution >= 0.6 is 11.3 Å². The molecule has 1 amide bonds. The molecule has 2 heterocycles. The van der Waals surface area contributed by atoms with Crippen LogP contribution < -0.4 is 15.0 Å². The standard InChI is InChI=1S/C16H21N3O3S/c1-19(10-14(20)17-9-11-5-4-8-22-11)16-18-15-12(21-2)6-3-7-13(15)23-16/h3,6-7,11H,4-5,8-10H2,1-2H3,(H,17,20). The largest absolute Gasteiger partial charge is 0.494 e. The van der Waals surface area contributed by atoms with Gasteiger partial charge in [0, 0.05) is 20.2 Å². The Hall–Kier alpha value is -1.86. The lowest BCUT2D eigenvalue weighted by atomic mass is 10.2. The molecule has 1 aromatic carbocycles. The predicted molar refractivity (Wildman–Crippen MR) is 91.4 cm³/mol. The second-order valence-electron chi connectivity index (χ2n) is 5.60. The third-order valence-corrected chi connectivity index (χ3v) is 4.98. The number of aromatic nitrogens is 1. The molecular weight excluding hydrogens is 314 g/mol. The highest BCUT2D eigenvalue weighted by atomic mass is 32.1. The predicted octanol–water partition coefficient (Wildman–Crippen LogP) is 2.04. The molecule has 23 heavy (non-hydrogen) atoms. The number of fused-ring (bicyclic) bond motifs is 1. The second kappa shape index (κ2) is 7.14. The first kappa shape index (κ1) is 16.0.